The average molecular weight is 419 g/mol. The predicted molar refractivity (Wildman–Crippen MR) is 105 cm³/mol. The Balaban J connectivity index is 1.81. The zero-order valence-electron chi connectivity index (χ0n) is 15.8. The Morgan fingerprint density at radius 1 is 1.10 bits per heavy atom. The normalized spacial score (nSPS) is 14.5. The molecule has 1 amide bonds. The third-order valence-corrected chi connectivity index (χ3v) is 6.46. The molecule has 3 rings (SSSR count). The molecule has 1 aromatic heterocycles. The monoisotopic (exact) mass is 419 g/mol. The Morgan fingerprint density at radius 2 is 1.79 bits per heavy atom. The van der Waals surface area contributed by atoms with E-state index in [1.165, 1.54) is 35.8 Å². The molecule has 29 heavy (non-hydrogen) atoms. The quantitative estimate of drug-likeness (QED) is 0.700. The molecule has 9 nitrogen and oxygen atoms in total. The Morgan fingerprint density at radius 3 is 2.48 bits per heavy atom. The fourth-order valence-corrected chi connectivity index (χ4v) is 4.63. The number of carbonyl (C=O) groups excluding carboxylic acids is 2. The van der Waals surface area contributed by atoms with Crippen LogP contribution in [0, 0.1) is 0 Å². The molecule has 1 aromatic carbocycles. The zero-order chi connectivity index (χ0) is 21.0. The van der Waals surface area contributed by atoms with Gasteiger partial charge in [-0.25, -0.2) is 13.2 Å². The molecule has 0 bridgehead atoms. The predicted octanol–water partition coefficient (Wildman–Crippen LogP) is 1.06. The van der Waals surface area contributed by atoms with Crippen molar-refractivity contribution in [1.82, 2.24) is 8.87 Å². The Labute approximate surface area is 168 Å². The van der Waals surface area contributed by atoms with Gasteiger partial charge in [-0.15, -0.1) is 0 Å². The minimum absolute atomic E-state index is 0.0400. The molecule has 154 valence electrons. The SMILES string of the molecule is COC(=O)c1ccccc1NC(=O)Cn1cc(S(=O)(=O)N2CCCC2)ccc1=O. The highest BCUT2D eigenvalue weighted by atomic mass is 32.2. The van der Waals surface area contributed by atoms with E-state index < -0.39 is 34.0 Å². The fraction of sp³-hybridized carbons (Fsp3) is 0.316. The molecular weight excluding hydrogens is 398 g/mol. The van der Waals surface area contributed by atoms with Crippen molar-refractivity contribution in [3.8, 4) is 0 Å². The first-order valence-corrected chi connectivity index (χ1v) is 10.4. The van der Waals surface area contributed by atoms with Gasteiger partial charge in [0, 0.05) is 25.4 Å². The first-order chi connectivity index (χ1) is 13.8. The third-order valence-electron chi connectivity index (χ3n) is 4.58. The van der Waals surface area contributed by atoms with E-state index in [1.807, 2.05) is 0 Å². The average Bonchev–Trinajstić information content (AvgIpc) is 3.25. The van der Waals surface area contributed by atoms with Crippen molar-refractivity contribution in [3.63, 3.8) is 0 Å². The summed E-state index contributed by atoms with van der Waals surface area (Å²) >= 11 is 0. The number of aromatic nitrogens is 1. The van der Waals surface area contributed by atoms with Gasteiger partial charge < -0.3 is 14.6 Å². The van der Waals surface area contributed by atoms with Crippen molar-refractivity contribution in [2.75, 3.05) is 25.5 Å². The summed E-state index contributed by atoms with van der Waals surface area (Å²) in [5.74, 6) is -1.20. The number of methoxy groups -OCH3 is 1. The number of rotatable bonds is 6. The van der Waals surface area contributed by atoms with Gasteiger partial charge in [-0.05, 0) is 31.0 Å². The minimum Gasteiger partial charge on any atom is -0.465 e. The van der Waals surface area contributed by atoms with Crippen LogP contribution in [0.4, 0.5) is 5.69 Å². The lowest BCUT2D eigenvalue weighted by Gasteiger charge is -2.16. The summed E-state index contributed by atoms with van der Waals surface area (Å²) in [6, 6.07) is 8.66. The summed E-state index contributed by atoms with van der Waals surface area (Å²) in [6.45, 7) is 0.468. The Hall–Kier alpha value is -2.98. The summed E-state index contributed by atoms with van der Waals surface area (Å²) in [4.78, 5) is 36.3. The second-order valence-electron chi connectivity index (χ2n) is 6.53. The first kappa shape index (κ1) is 20.7. The van der Waals surface area contributed by atoms with Crippen molar-refractivity contribution in [2.24, 2.45) is 0 Å². The number of nitrogens with zero attached hydrogens (tertiary/aromatic N) is 2. The lowest BCUT2D eigenvalue weighted by molar-refractivity contribution is -0.116. The van der Waals surface area contributed by atoms with E-state index in [9.17, 15) is 22.8 Å². The van der Waals surface area contributed by atoms with Crippen molar-refractivity contribution in [1.29, 1.82) is 0 Å². The highest BCUT2D eigenvalue weighted by Gasteiger charge is 2.27. The maximum atomic E-state index is 12.7. The van der Waals surface area contributed by atoms with Crippen LogP contribution in [0.3, 0.4) is 0 Å². The number of amides is 1. The molecule has 2 aromatic rings. The molecule has 0 unspecified atom stereocenters. The molecule has 1 N–H and O–H groups in total. The van der Waals surface area contributed by atoms with Gasteiger partial charge in [0.2, 0.25) is 15.9 Å². The molecule has 0 atom stereocenters. The van der Waals surface area contributed by atoms with Gasteiger partial charge in [-0.3, -0.25) is 9.59 Å². The van der Waals surface area contributed by atoms with Gasteiger partial charge in [-0.2, -0.15) is 4.31 Å². The van der Waals surface area contributed by atoms with Gasteiger partial charge in [0.15, 0.2) is 0 Å². The van der Waals surface area contributed by atoms with E-state index in [0.717, 1.165) is 23.5 Å². The van der Waals surface area contributed by atoms with Crippen LogP contribution in [0.5, 0.6) is 0 Å². The standard InChI is InChI=1S/C19H21N3O6S/c1-28-19(25)15-6-2-3-7-16(15)20-17(23)13-21-12-14(8-9-18(21)24)29(26,27)22-10-4-5-11-22/h2-3,6-9,12H,4-5,10-11,13H2,1H3,(H,20,23). The number of sulfonamides is 1. The Kier molecular flexibility index (Phi) is 6.14. The molecule has 10 heteroatoms. The highest BCUT2D eigenvalue weighted by molar-refractivity contribution is 7.89. The van der Waals surface area contributed by atoms with Gasteiger partial charge in [0.25, 0.3) is 5.56 Å². The van der Waals surface area contributed by atoms with E-state index in [-0.39, 0.29) is 16.1 Å². The maximum absolute atomic E-state index is 12.7. The second-order valence-corrected chi connectivity index (χ2v) is 8.47. The molecule has 1 fully saturated rings. The Bertz CT molecular complexity index is 1090. The maximum Gasteiger partial charge on any atom is 0.339 e. The molecule has 0 saturated carbocycles. The van der Waals surface area contributed by atoms with Crippen LogP contribution in [0.15, 0.2) is 52.3 Å². The number of hydrogen-bond acceptors (Lipinski definition) is 6. The van der Waals surface area contributed by atoms with Crippen LogP contribution in [0.1, 0.15) is 23.2 Å². The summed E-state index contributed by atoms with van der Waals surface area (Å²) in [5.41, 5.74) is -0.110. The highest BCUT2D eigenvalue weighted by Crippen LogP contribution is 2.20. The van der Waals surface area contributed by atoms with E-state index in [1.54, 1.807) is 12.1 Å². The topological polar surface area (TPSA) is 115 Å². The summed E-state index contributed by atoms with van der Waals surface area (Å²) in [5, 5.41) is 2.56. The lowest BCUT2D eigenvalue weighted by Crippen LogP contribution is -2.31. The zero-order valence-corrected chi connectivity index (χ0v) is 16.6. The number of ether oxygens (including phenoxy) is 1. The summed E-state index contributed by atoms with van der Waals surface area (Å²) < 4.78 is 32.4. The van der Waals surface area contributed by atoms with Crippen molar-refractivity contribution < 1.29 is 22.7 Å². The molecule has 0 radical (unpaired) electrons. The van der Waals surface area contributed by atoms with Crippen LogP contribution in [0.2, 0.25) is 0 Å². The lowest BCUT2D eigenvalue weighted by atomic mass is 10.2. The van der Waals surface area contributed by atoms with Crippen LogP contribution in [0.25, 0.3) is 0 Å². The molecule has 0 aliphatic carbocycles. The molecule has 2 heterocycles. The van der Waals surface area contributed by atoms with Gasteiger partial charge >= 0.3 is 5.97 Å². The van der Waals surface area contributed by atoms with Crippen LogP contribution < -0.4 is 10.9 Å². The smallest absolute Gasteiger partial charge is 0.339 e. The number of para-hydroxylation sites is 1. The molecule has 1 aliphatic rings. The number of anilines is 1. The minimum atomic E-state index is -3.71. The van der Waals surface area contributed by atoms with E-state index in [4.69, 9.17) is 0 Å². The van der Waals surface area contributed by atoms with Crippen LogP contribution >= 0.6 is 0 Å². The number of benzene rings is 1. The van der Waals surface area contributed by atoms with E-state index in [0.29, 0.717) is 13.1 Å². The summed E-state index contributed by atoms with van der Waals surface area (Å²) in [6.07, 6.45) is 2.75. The van der Waals surface area contributed by atoms with Crippen LogP contribution in [-0.2, 0) is 26.1 Å². The fourth-order valence-electron chi connectivity index (χ4n) is 3.09. The molecule has 0 spiro atoms. The van der Waals surface area contributed by atoms with Gasteiger partial charge in [-0.1, -0.05) is 12.1 Å². The number of esters is 1. The number of hydrogen-bond donors (Lipinski definition) is 1. The van der Waals surface area contributed by atoms with Crippen molar-refractivity contribution in [2.45, 2.75) is 24.3 Å². The largest absolute Gasteiger partial charge is 0.465 e. The second kappa shape index (κ2) is 8.58. The number of carbonyl (C=O) groups is 2. The molecule has 1 saturated heterocycles. The number of nitrogens with one attached hydrogen (secondary N) is 1. The van der Waals surface area contributed by atoms with Crippen molar-refractivity contribution in [3.05, 3.63) is 58.5 Å². The number of pyridine rings is 1. The van der Waals surface area contributed by atoms with Gasteiger partial charge in [0.05, 0.1) is 23.3 Å². The van der Waals surface area contributed by atoms with Gasteiger partial charge in [0.1, 0.15) is 6.54 Å². The van der Waals surface area contributed by atoms with Crippen LogP contribution in [-0.4, -0.2) is 49.4 Å². The van der Waals surface area contributed by atoms with E-state index >= 15 is 0 Å². The molecule has 1 aliphatic heterocycles. The van der Waals surface area contributed by atoms with Crippen molar-refractivity contribution >= 4 is 27.6 Å². The molecular formula is C19H21N3O6S. The summed E-state index contributed by atoms with van der Waals surface area (Å²) in [7, 11) is -2.48. The third kappa shape index (κ3) is 4.54. The first-order valence-electron chi connectivity index (χ1n) is 9.01. The van der Waals surface area contributed by atoms with E-state index in [2.05, 4.69) is 10.1 Å².